The maximum absolute atomic E-state index is 2.52. The van der Waals surface area contributed by atoms with Gasteiger partial charge in [-0.15, -0.1) is 0 Å². The Morgan fingerprint density at radius 2 is 1.75 bits per heavy atom. The Bertz CT molecular complexity index is 1200. The summed E-state index contributed by atoms with van der Waals surface area (Å²) >= 11 is 0. The SMILES string of the molecule is Cc1cccc(C2=C(c3cc4c(c5c3CC5C)Cc3ccccc3-4)CC=C2)c1. The van der Waals surface area contributed by atoms with Crippen molar-refractivity contribution >= 4 is 11.1 Å². The lowest BCUT2D eigenvalue weighted by Gasteiger charge is -2.33. The van der Waals surface area contributed by atoms with Crippen molar-refractivity contribution in [3.05, 3.63) is 106 Å². The molecule has 1 unspecified atom stereocenters. The molecule has 0 saturated heterocycles. The van der Waals surface area contributed by atoms with Crippen LogP contribution in [0.3, 0.4) is 0 Å². The van der Waals surface area contributed by atoms with Crippen LogP contribution in [0.15, 0.2) is 66.7 Å². The highest BCUT2D eigenvalue weighted by Crippen LogP contribution is 2.51. The lowest BCUT2D eigenvalue weighted by atomic mass is 9.70. The highest BCUT2D eigenvalue weighted by Gasteiger charge is 2.34. The van der Waals surface area contributed by atoms with E-state index in [9.17, 15) is 0 Å². The van der Waals surface area contributed by atoms with Crippen molar-refractivity contribution in [3.8, 4) is 11.1 Å². The van der Waals surface area contributed by atoms with Crippen LogP contribution in [0.4, 0.5) is 0 Å². The van der Waals surface area contributed by atoms with Gasteiger partial charge in [0.15, 0.2) is 0 Å². The van der Waals surface area contributed by atoms with E-state index in [0.717, 1.165) is 12.8 Å². The molecule has 3 aliphatic rings. The van der Waals surface area contributed by atoms with Gasteiger partial charge in [0.25, 0.3) is 0 Å². The number of hydrogen-bond acceptors (Lipinski definition) is 0. The molecule has 0 bridgehead atoms. The van der Waals surface area contributed by atoms with Gasteiger partial charge in [-0.3, -0.25) is 0 Å². The van der Waals surface area contributed by atoms with Crippen molar-refractivity contribution in [1.82, 2.24) is 0 Å². The molecule has 0 heterocycles. The van der Waals surface area contributed by atoms with E-state index in [-0.39, 0.29) is 0 Å². The zero-order valence-corrected chi connectivity index (χ0v) is 16.5. The van der Waals surface area contributed by atoms with Gasteiger partial charge in [-0.05, 0) is 93.8 Å². The van der Waals surface area contributed by atoms with Crippen molar-refractivity contribution in [3.63, 3.8) is 0 Å². The minimum atomic E-state index is 0.690. The van der Waals surface area contributed by atoms with Crippen LogP contribution in [-0.2, 0) is 12.8 Å². The maximum atomic E-state index is 2.52. The summed E-state index contributed by atoms with van der Waals surface area (Å²) in [5.41, 5.74) is 16.4. The fourth-order valence-corrected chi connectivity index (χ4v) is 5.55. The van der Waals surface area contributed by atoms with Crippen molar-refractivity contribution in [2.75, 3.05) is 0 Å². The van der Waals surface area contributed by atoms with Crippen molar-refractivity contribution in [2.45, 2.75) is 39.0 Å². The summed E-state index contributed by atoms with van der Waals surface area (Å²) in [6, 6.07) is 20.4. The first kappa shape index (κ1) is 16.1. The smallest absolute Gasteiger partial charge is 0.00105 e. The molecule has 0 spiro atoms. The molecule has 0 aliphatic heterocycles. The van der Waals surface area contributed by atoms with Gasteiger partial charge in [-0.25, -0.2) is 0 Å². The van der Waals surface area contributed by atoms with Crippen LogP contribution in [0.1, 0.15) is 58.2 Å². The van der Waals surface area contributed by atoms with Gasteiger partial charge < -0.3 is 0 Å². The Hall–Kier alpha value is -2.86. The Kier molecular flexibility index (Phi) is 3.35. The largest absolute Gasteiger partial charge is 0.0795 e. The number of allylic oxidation sites excluding steroid dienone is 4. The molecule has 1 atom stereocenters. The second-order valence-electron chi connectivity index (χ2n) is 8.65. The molecule has 28 heavy (non-hydrogen) atoms. The van der Waals surface area contributed by atoms with Gasteiger partial charge in [0.2, 0.25) is 0 Å². The molecule has 6 rings (SSSR count). The zero-order chi connectivity index (χ0) is 18.8. The summed E-state index contributed by atoms with van der Waals surface area (Å²) in [5, 5.41) is 0. The minimum Gasteiger partial charge on any atom is -0.0795 e. The summed E-state index contributed by atoms with van der Waals surface area (Å²) in [5.74, 6) is 0.690. The van der Waals surface area contributed by atoms with Crippen LogP contribution in [0, 0.1) is 6.92 Å². The first-order chi connectivity index (χ1) is 13.7. The Balaban J connectivity index is 1.59. The molecule has 0 nitrogen and oxygen atoms in total. The van der Waals surface area contributed by atoms with Gasteiger partial charge in [0.05, 0.1) is 0 Å². The molecule has 0 N–H and O–H groups in total. The molecule has 0 amide bonds. The second-order valence-corrected chi connectivity index (χ2v) is 8.65. The summed E-state index contributed by atoms with van der Waals surface area (Å²) in [6.07, 6.45) is 8.05. The molecule has 136 valence electrons. The monoisotopic (exact) mass is 360 g/mol. The highest BCUT2D eigenvalue weighted by atomic mass is 14.4. The van der Waals surface area contributed by atoms with Crippen molar-refractivity contribution < 1.29 is 0 Å². The fraction of sp³-hybridized carbons (Fsp3) is 0.214. The number of benzene rings is 3. The first-order valence-corrected chi connectivity index (χ1v) is 10.4. The van der Waals surface area contributed by atoms with E-state index in [0.29, 0.717) is 5.92 Å². The van der Waals surface area contributed by atoms with Crippen molar-refractivity contribution in [2.24, 2.45) is 0 Å². The van der Waals surface area contributed by atoms with E-state index in [2.05, 4.69) is 80.6 Å². The van der Waals surface area contributed by atoms with E-state index in [4.69, 9.17) is 0 Å². The van der Waals surface area contributed by atoms with Crippen LogP contribution in [-0.4, -0.2) is 0 Å². The van der Waals surface area contributed by atoms with E-state index in [1.807, 2.05) is 0 Å². The van der Waals surface area contributed by atoms with Crippen LogP contribution >= 0.6 is 0 Å². The van der Waals surface area contributed by atoms with Crippen LogP contribution in [0.5, 0.6) is 0 Å². The average Bonchev–Trinajstić information content (AvgIpc) is 3.30. The van der Waals surface area contributed by atoms with Crippen LogP contribution in [0.2, 0.25) is 0 Å². The first-order valence-electron chi connectivity index (χ1n) is 10.4. The molecule has 0 saturated carbocycles. The number of fused-ring (bicyclic) bond motifs is 5. The molecular weight excluding hydrogens is 336 g/mol. The Morgan fingerprint density at radius 3 is 2.61 bits per heavy atom. The summed E-state index contributed by atoms with van der Waals surface area (Å²) in [4.78, 5) is 0. The predicted molar refractivity (Wildman–Crippen MR) is 119 cm³/mol. The molecule has 3 aromatic rings. The molecular formula is C28H24. The molecule has 0 heteroatoms. The molecule has 0 radical (unpaired) electrons. The normalized spacial score (nSPS) is 18.7. The third-order valence-corrected chi connectivity index (χ3v) is 6.85. The van der Waals surface area contributed by atoms with Crippen molar-refractivity contribution in [1.29, 1.82) is 0 Å². The molecule has 3 aliphatic carbocycles. The minimum absolute atomic E-state index is 0.690. The van der Waals surface area contributed by atoms with E-state index in [1.54, 1.807) is 16.7 Å². The van der Waals surface area contributed by atoms with Gasteiger partial charge in [-0.1, -0.05) is 73.2 Å². The maximum Gasteiger partial charge on any atom is -0.00105 e. The summed E-state index contributed by atoms with van der Waals surface area (Å²) < 4.78 is 0. The Labute approximate surface area is 167 Å². The highest BCUT2D eigenvalue weighted by molar-refractivity contribution is 6.01. The van der Waals surface area contributed by atoms with Crippen LogP contribution in [0.25, 0.3) is 22.3 Å². The molecule has 0 fully saturated rings. The zero-order valence-electron chi connectivity index (χ0n) is 16.5. The predicted octanol–water partition coefficient (Wildman–Crippen LogP) is 7.10. The summed E-state index contributed by atoms with van der Waals surface area (Å²) in [7, 11) is 0. The van der Waals surface area contributed by atoms with E-state index < -0.39 is 0 Å². The van der Waals surface area contributed by atoms with E-state index >= 15 is 0 Å². The third-order valence-electron chi connectivity index (χ3n) is 6.85. The molecule has 3 aromatic carbocycles. The average molecular weight is 361 g/mol. The third kappa shape index (κ3) is 2.18. The quantitative estimate of drug-likeness (QED) is 0.358. The fourth-order valence-electron chi connectivity index (χ4n) is 5.55. The topological polar surface area (TPSA) is 0 Å². The Morgan fingerprint density at radius 1 is 0.857 bits per heavy atom. The number of aryl methyl sites for hydroxylation is 1. The summed E-state index contributed by atoms with van der Waals surface area (Å²) in [6.45, 7) is 4.58. The van der Waals surface area contributed by atoms with Gasteiger partial charge in [0.1, 0.15) is 0 Å². The van der Waals surface area contributed by atoms with Gasteiger partial charge in [0, 0.05) is 0 Å². The second kappa shape index (κ2) is 5.82. The van der Waals surface area contributed by atoms with Crippen LogP contribution < -0.4 is 0 Å². The van der Waals surface area contributed by atoms with Gasteiger partial charge >= 0.3 is 0 Å². The lowest BCUT2D eigenvalue weighted by Crippen LogP contribution is -2.19. The molecule has 0 aromatic heterocycles. The van der Waals surface area contributed by atoms with Gasteiger partial charge in [-0.2, -0.15) is 0 Å². The standard InChI is InChI=1S/C28H24/c1-17-7-5-9-19(13-17)21-11-6-12-23(21)25-16-24-22-10-4-3-8-20(22)15-27(24)28-18(2)14-26(25)28/h3-11,13,16,18H,12,14-15H2,1-2H3. The van der Waals surface area contributed by atoms with E-state index in [1.165, 1.54) is 50.9 Å². The lowest BCUT2D eigenvalue weighted by molar-refractivity contribution is 0.657. The number of rotatable bonds is 2. The number of hydrogen-bond donors (Lipinski definition) is 0.